The SMILES string of the molecule is N[C@@H](c1c(F)cc(Cl)cc1F)C1CCCC1. The fraction of sp³-hybridized carbons (Fsp3) is 0.500. The fourth-order valence-electron chi connectivity index (χ4n) is 2.42. The van der Waals surface area contributed by atoms with Crippen LogP contribution >= 0.6 is 11.6 Å². The monoisotopic (exact) mass is 245 g/mol. The molecule has 1 aromatic rings. The topological polar surface area (TPSA) is 26.0 Å². The van der Waals surface area contributed by atoms with Gasteiger partial charge in [-0.05, 0) is 30.9 Å². The van der Waals surface area contributed by atoms with Crippen molar-refractivity contribution >= 4 is 11.6 Å². The number of nitrogens with two attached hydrogens (primary N) is 1. The van der Waals surface area contributed by atoms with E-state index in [1.54, 1.807) is 0 Å². The van der Waals surface area contributed by atoms with Crippen molar-refractivity contribution in [3.05, 3.63) is 34.4 Å². The third-order valence-corrected chi connectivity index (χ3v) is 3.50. The normalized spacial score (nSPS) is 19.0. The second-order valence-corrected chi connectivity index (χ2v) is 4.79. The first-order valence-electron chi connectivity index (χ1n) is 5.49. The van der Waals surface area contributed by atoms with Gasteiger partial charge in [-0.3, -0.25) is 0 Å². The van der Waals surface area contributed by atoms with Crippen LogP contribution in [-0.2, 0) is 0 Å². The maximum absolute atomic E-state index is 13.6. The summed E-state index contributed by atoms with van der Waals surface area (Å²) in [6, 6.07) is 1.68. The number of rotatable bonds is 2. The Morgan fingerprint density at radius 1 is 1.19 bits per heavy atom. The summed E-state index contributed by atoms with van der Waals surface area (Å²) < 4.78 is 27.2. The summed E-state index contributed by atoms with van der Waals surface area (Å²) in [5.74, 6) is -1.08. The third kappa shape index (κ3) is 2.20. The third-order valence-electron chi connectivity index (χ3n) is 3.28. The Morgan fingerprint density at radius 3 is 2.19 bits per heavy atom. The number of benzene rings is 1. The molecular formula is C12H14ClF2N. The molecular weight excluding hydrogens is 232 g/mol. The van der Waals surface area contributed by atoms with Crippen molar-refractivity contribution < 1.29 is 8.78 Å². The van der Waals surface area contributed by atoms with Crippen LogP contribution in [0.4, 0.5) is 8.78 Å². The second kappa shape index (κ2) is 4.68. The summed E-state index contributed by atoms with van der Waals surface area (Å²) in [5.41, 5.74) is 5.91. The van der Waals surface area contributed by atoms with Gasteiger partial charge in [-0.1, -0.05) is 24.4 Å². The van der Waals surface area contributed by atoms with Crippen LogP contribution < -0.4 is 5.73 Å². The van der Waals surface area contributed by atoms with E-state index in [1.165, 1.54) is 0 Å². The predicted molar refractivity (Wildman–Crippen MR) is 60.3 cm³/mol. The van der Waals surface area contributed by atoms with E-state index in [0.717, 1.165) is 37.8 Å². The maximum Gasteiger partial charge on any atom is 0.132 e. The van der Waals surface area contributed by atoms with Gasteiger partial charge in [0.2, 0.25) is 0 Å². The molecule has 1 nitrogen and oxygen atoms in total. The molecule has 88 valence electrons. The smallest absolute Gasteiger partial charge is 0.132 e. The van der Waals surface area contributed by atoms with Crippen molar-refractivity contribution in [2.45, 2.75) is 31.7 Å². The molecule has 0 aliphatic heterocycles. The molecule has 16 heavy (non-hydrogen) atoms. The minimum atomic E-state index is -0.635. The summed E-state index contributed by atoms with van der Waals surface area (Å²) >= 11 is 5.57. The van der Waals surface area contributed by atoms with Gasteiger partial charge < -0.3 is 5.73 Å². The van der Waals surface area contributed by atoms with Gasteiger partial charge in [0.25, 0.3) is 0 Å². The van der Waals surface area contributed by atoms with E-state index in [9.17, 15) is 8.78 Å². The molecule has 0 spiro atoms. The summed E-state index contributed by atoms with van der Waals surface area (Å²) in [7, 11) is 0. The first kappa shape index (κ1) is 11.8. The highest BCUT2D eigenvalue weighted by molar-refractivity contribution is 6.30. The lowest BCUT2D eigenvalue weighted by Crippen LogP contribution is -2.21. The zero-order valence-electron chi connectivity index (χ0n) is 8.85. The first-order chi connectivity index (χ1) is 7.59. The number of hydrogen-bond donors (Lipinski definition) is 1. The lowest BCUT2D eigenvalue weighted by Gasteiger charge is -2.20. The van der Waals surface area contributed by atoms with Gasteiger partial charge in [-0.15, -0.1) is 0 Å². The lowest BCUT2D eigenvalue weighted by molar-refractivity contribution is 0.410. The van der Waals surface area contributed by atoms with E-state index >= 15 is 0 Å². The van der Waals surface area contributed by atoms with Gasteiger partial charge in [0.15, 0.2) is 0 Å². The molecule has 0 radical (unpaired) electrons. The Balaban J connectivity index is 2.31. The molecule has 0 amide bonds. The van der Waals surface area contributed by atoms with E-state index in [4.69, 9.17) is 17.3 Å². The largest absolute Gasteiger partial charge is 0.324 e. The molecule has 0 unspecified atom stereocenters. The Hall–Kier alpha value is -0.670. The molecule has 0 aromatic heterocycles. The zero-order chi connectivity index (χ0) is 11.7. The zero-order valence-corrected chi connectivity index (χ0v) is 9.61. The van der Waals surface area contributed by atoms with Crippen molar-refractivity contribution in [2.24, 2.45) is 11.7 Å². The van der Waals surface area contributed by atoms with Crippen LogP contribution in [0.25, 0.3) is 0 Å². The van der Waals surface area contributed by atoms with Crippen molar-refractivity contribution in [3.63, 3.8) is 0 Å². The molecule has 0 heterocycles. The molecule has 0 saturated heterocycles. The second-order valence-electron chi connectivity index (χ2n) is 4.35. The highest BCUT2D eigenvalue weighted by atomic mass is 35.5. The molecule has 1 fully saturated rings. The Bertz CT molecular complexity index is 366. The molecule has 1 aromatic carbocycles. The van der Waals surface area contributed by atoms with E-state index in [1.807, 2.05) is 0 Å². The molecule has 2 N–H and O–H groups in total. The quantitative estimate of drug-likeness (QED) is 0.843. The first-order valence-corrected chi connectivity index (χ1v) is 5.87. The van der Waals surface area contributed by atoms with Gasteiger partial charge in [-0.25, -0.2) is 8.78 Å². The molecule has 2 rings (SSSR count). The lowest BCUT2D eigenvalue weighted by atomic mass is 9.92. The minimum Gasteiger partial charge on any atom is -0.324 e. The van der Waals surface area contributed by atoms with Crippen LogP contribution in [-0.4, -0.2) is 0 Å². The van der Waals surface area contributed by atoms with Crippen LogP contribution in [0.2, 0.25) is 5.02 Å². The summed E-state index contributed by atoms with van der Waals surface area (Å²) in [6.07, 6.45) is 4.08. The summed E-state index contributed by atoms with van der Waals surface area (Å²) in [4.78, 5) is 0. The summed E-state index contributed by atoms with van der Waals surface area (Å²) in [5, 5.41) is 0.0670. The van der Waals surface area contributed by atoms with E-state index in [0.29, 0.717) is 0 Å². The molecule has 1 aliphatic rings. The van der Waals surface area contributed by atoms with Crippen LogP contribution in [0.5, 0.6) is 0 Å². The molecule has 1 atom stereocenters. The van der Waals surface area contributed by atoms with Crippen LogP contribution in [0.3, 0.4) is 0 Å². The Morgan fingerprint density at radius 2 is 1.69 bits per heavy atom. The molecule has 1 saturated carbocycles. The van der Waals surface area contributed by atoms with Crippen LogP contribution in [0.1, 0.15) is 37.3 Å². The van der Waals surface area contributed by atoms with Gasteiger partial charge in [0, 0.05) is 16.6 Å². The number of halogens is 3. The summed E-state index contributed by atoms with van der Waals surface area (Å²) in [6.45, 7) is 0. The molecule has 1 aliphatic carbocycles. The Kier molecular flexibility index (Phi) is 3.45. The van der Waals surface area contributed by atoms with Gasteiger partial charge >= 0.3 is 0 Å². The average Bonchev–Trinajstić information content (AvgIpc) is 2.67. The van der Waals surface area contributed by atoms with E-state index in [-0.39, 0.29) is 16.5 Å². The average molecular weight is 246 g/mol. The van der Waals surface area contributed by atoms with Crippen molar-refractivity contribution in [1.82, 2.24) is 0 Å². The highest BCUT2D eigenvalue weighted by Gasteiger charge is 2.27. The van der Waals surface area contributed by atoms with Gasteiger partial charge in [0.1, 0.15) is 11.6 Å². The molecule has 4 heteroatoms. The maximum atomic E-state index is 13.6. The predicted octanol–water partition coefficient (Wildman–Crippen LogP) is 3.81. The fourth-order valence-corrected chi connectivity index (χ4v) is 2.62. The van der Waals surface area contributed by atoms with E-state index in [2.05, 4.69) is 0 Å². The molecule has 0 bridgehead atoms. The number of hydrogen-bond acceptors (Lipinski definition) is 1. The van der Waals surface area contributed by atoms with Crippen LogP contribution in [0.15, 0.2) is 12.1 Å². The Labute approximate surface area is 98.6 Å². The van der Waals surface area contributed by atoms with Crippen molar-refractivity contribution in [3.8, 4) is 0 Å². The standard InChI is InChI=1S/C12H14ClF2N/c13-8-5-9(14)11(10(15)6-8)12(16)7-3-1-2-4-7/h5-7,12H,1-4,16H2/t12-/m1/s1. The van der Waals surface area contributed by atoms with E-state index < -0.39 is 17.7 Å². The van der Waals surface area contributed by atoms with Crippen molar-refractivity contribution in [1.29, 1.82) is 0 Å². The van der Waals surface area contributed by atoms with Crippen molar-refractivity contribution in [2.75, 3.05) is 0 Å². The van der Waals surface area contributed by atoms with Crippen LogP contribution in [0, 0.1) is 17.6 Å². The van der Waals surface area contributed by atoms with Gasteiger partial charge in [-0.2, -0.15) is 0 Å². The van der Waals surface area contributed by atoms with Gasteiger partial charge in [0.05, 0.1) is 0 Å². The minimum absolute atomic E-state index is 0.0173. The highest BCUT2D eigenvalue weighted by Crippen LogP contribution is 2.36.